The quantitative estimate of drug-likeness (QED) is 0.544. The third-order valence-electron chi connectivity index (χ3n) is 0. The van der Waals surface area contributed by atoms with E-state index in [2.05, 4.69) is 25.1 Å². The maximum absolute atomic E-state index is 5.00. The van der Waals surface area contributed by atoms with Crippen molar-refractivity contribution in [2.75, 3.05) is 0 Å². The van der Waals surface area contributed by atoms with E-state index in [1.807, 2.05) is 0 Å². The fourth-order valence-electron chi connectivity index (χ4n) is 0. The van der Waals surface area contributed by atoms with Crippen LogP contribution in [0.15, 0.2) is 0 Å². The van der Waals surface area contributed by atoms with Gasteiger partial charge in [-0.3, -0.25) is 0 Å². The van der Waals surface area contributed by atoms with E-state index in [1.165, 1.54) is 0 Å². The van der Waals surface area contributed by atoms with Crippen LogP contribution in [0.1, 0.15) is 0 Å². The molecule has 0 aliphatic rings. The molecule has 2 N–H and O–H groups in total. The average Bonchev–Trinajstić information content (AvgIpc) is 1.33. The molecule has 0 unspecified atom stereocenters. The first-order valence-electron chi connectivity index (χ1n) is 2.41. The van der Waals surface area contributed by atoms with Gasteiger partial charge in [-0.15, -0.1) is 0 Å². The van der Waals surface area contributed by atoms with Crippen molar-refractivity contribution in [2.45, 2.75) is 25.1 Å². The van der Waals surface area contributed by atoms with E-state index in [9.17, 15) is 0 Å². The van der Waals surface area contributed by atoms with Gasteiger partial charge >= 0.3 is 27.6 Å². The van der Waals surface area contributed by atoms with Crippen LogP contribution >= 0.6 is 0 Å². The minimum atomic E-state index is -0.188. The van der Waals surface area contributed by atoms with Crippen molar-refractivity contribution in [3.05, 3.63) is 0 Å². The monoisotopic (exact) mass is 173 g/mol. The summed E-state index contributed by atoms with van der Waals surface area (Å²) in [5.74, 6) is 0. The van der Waals surface area contributed by atoms with Gasteiger partial charge in [0.15, 0.2) is 0 Å². The predicted molar refractivity (Wildman–Crippen MR) is 39.2 cm³/mol. The first-order chi connectivity index (χ1) is 3.15. The topological polar surface area (TPSA) is 26.0 Å². The van der Waals surface area contributed by atoms with Crippen LogP contribution < -0.4 is 4.44 Å². The Morgan fingerprint density at radius 1 is 1.29 bits per heavy atom. The summed E-state index contributed by atoms with van der Waals surface area (Å²) in [6.07, 6.45) is 0. The van der Waals surface area contributed by atoms with Crippen molar-refractivity contribution in [3.63, 3.8) is 0 Å². The van der Waals surface area contributed by atoms with Gasteiger partial charge < -0.3 is 0 Å². The number of hydrogen-bond donors (Lipinski definition) is 1. The van der Waals surface area contributed by atoms with Crippen LogP contribution in [0.25, 0.3) is 0 Å². The molecule has 0 fully saturated rings. The Hall–Kier alpha value is 0.813. The SMILES string of the molecule is C[Si](C)C.[CH3][Ga][NH2]. The summed E-state index contributed by atoms with van der Waals surface area (Å²) in [5.41, 5.74) is 2.06. The molecule has 0 heterocycles. The summed E-state index contributed by atoms with van der Waals surface area (Å²) >= 11 is -0.188. The number of nitrogens with two attached hydrogens (primary N) is 1. The molecule has 0 amide bonds. The Bertz CT molecular complexity index is 22.9. The zero-order chi connectivity index (χ0) is 6.28. The standard InChI is InChI=1S/C3H9Si.CH3.Ga.H2N/c1-4(2)3;;;/h1-3H3;1H3;;1H2/q;;+1;-1. The van der Waals surface area contributed by atoms with Crippen LogP contribution in [0.5, 0.6) is 0 Å². The van der Waals surface area contributed by atoms with E-state index in [4.69, 9.17) is 4.44 Å². The molecule has 3 heteroatoms. The minimum absolute atomic E-state index is 0.120. The third-order valence-corrected chi connectivity index (χ3v) is 0. The van der Waals surface area contributed by atoms with E-state index >= 15 is 0 Å². The van der Waals surface area contributed by atoms with Gasteiger partial charge in [0.2, 0.25) is 0 Å². The molecule has 2 radical (unpaired) electrons. The van der Waals surface area contributed by atoms with Gasteiger partial charge in [0.25, 0.3) is 0 Å². The average molecular weight is 174 g/mol. The predicted octanol–water partition coefficient (Wildman–Crippen LogP) is 0.983. The van der Waals surface area contributed by atoms with Crippen molar-refractivity contribution in [1.29, 1.82) is 0 Å². The Labute approximate surface area is 56.3 Å². The second-order valence-corrected chi connectivity index (χ2v) is 6.23. The second-order valence-electron chi connectivity index (χ2n) is 1.83. The fourth-order valence-corrected chi connectivity index (χ4v) is 0. The molecule has 0 aliphatic carbocycles. The van der Waals surface area contributed by atoms with Crippen LogP contribution in [-0.4, -0.2) is 26.4 Å². The van der Waals surface area contributed by atoms with Gasteiger partial charge in [0, 0.05) is 8.80 Å². The molecule has 0 saturated heterocycles. The van der Waals surface area contributed by atoms with Crippen molar-refractivity contribution in [1.82, 2.24) is 0 Å². The van der Waals surface area contributed by atoms with E-state index in [0.717, 1.165) is 0 Å². The molecule has 0 saturated carbocycles. The van der Waals surface area contributed by atoms with Crippen LogP contribution in [-0.2, 0) is 0 Å². The Balaban J connectivity index is 0. The molecule has 0 aromatic heterocycles. The summed E-state index contributed by atoms with van der Waals surface area (Å²) < 4.78 is 5.00. The molecule has 0 atom stereocenters. The molecule has 7 heavy (non-hydrogen) atoms. The van der Waals surface area contributed by atoms with Crippen LogP contribution in [0, 0.1) is 0 Å². The van der Waals surface area contributed by atoms with E-state index in [1.54, 1.807) is 0 Å². The van der Waals surface area contributed by atoms with Gasteiger partial charge in [-0.25, -0.2) is 0 Å². The third kappa shape index (κ3) is 239. The van der Waals surface area contributed by atoms with Crippen molar-refractivity contribution >= 4 is 26.4 Å². The van der Waals surface area contributed by atoms with Gasteiger partial charge in [0.1, 0.15) is 0 Å². The van der Waals surface area contributed by atoms with E-state index in [0.29, 0.717) is 0 Å². The van der Waals surface area contributed by atoms with Crippen molar-refractivity contribution in [3.8, 4) is 0 Å². The zero-order valence-corrected chi connectivity index (χ0v) is 9.08. The molecule has 0 aliphatic heterocycles. The first kappa shape index (κ1) is 10.7. The number of rotatable bonds is 0. The molecular formula is C4H14GaNSi. The summed E-state index contributed by atoms with van der Waals surface area (Å²) in [5, 5.41) is 0. The fraction of sp³-hybridized carbons (Fsp3) is 1.00. The molecule has 0 aromatic rings. The summed E-state index contributed by atoms with van der Waals surface area (Å²) in [4.78, 5) is 0. The molecule has 1 nitrogen and oxygen atoms in total. The van der Waals surface area contributed by atoms with E-state index < -0.39 is 0 Å². The Morgan fingerprint density at radius 3 is 1.29 bits per heavy atom. The van der Waals surface area contributed by atoms with Crippen LogP contribution in [0.4, 0.5) is 0 Å². The van der Waals surface area contributed by atoms with Crippen LogP contribution in [0.2, 0.25) is 25.1 Å². The second kappa shape index (κ2) is 9.94. The Morgan fingerprint density at radius 2 is 1.29 bits per heavy atom. The zero-order valence-electron chi connectivity index (χ0n) is 5.65. The van der Waals surface area contributed by atoms with Gasteiger partial charge in [-0.1, -0.05) is 19.6 Å². The van der Waals surface area contributed by atoms with Gasteiger partial charge in [-0.05, 0) is 0 Å². The van der Waals surface area contributed by atoms with E-state index in [-0.39, 0.29) is 26.4 Å². The molecule has 0 aromatic carbocycles. The molecule has 42 valence electrons. The Kier molecular flexibility index (Phi) is 15.2. The molecular weight excluding hydrogens is 160 g/mol. The van der Waals surface area contributed by atoms with Crippen molar-refractivity contribution < 1.29 is 0 Å². The summed E-state index contributed by atoms with van der Waals surface area (Å²) in [6, 6.07) is 0. The molecule has 0 spiro atoms. The van der Waals surface area contributed by atoms with Crippen LogP contribution in [0.3, 0.4) is 0 Å². The first-order valence-corrected chi connectivity index (χ1v) is 9.23. The molecule has 0 rings (SSSR count). The maximum atomic E-state index is 5.00. The normalized spacial score (nSPS) is 7.14. The van der Waals surface area contributed by atoms with Gasteiger partial charge in [0.05, 0.1) is 0 Å². The summed E-state index contributed by atoms with van der Waals surface area (Å²) in [6.45, 7) is 6.81. The van der Waals surface area contributed by atoms with Gasteiger partial charge in [-0.2, -0.15) is 0 Å². The summed E-state index contributed by atoms with van der Waals surface area (Å²) in [7, 11) is 0.120. The molecule has 0 bridgehead atoms. The van der Waals surface area contributed by atoms with Crippen molar-refractivity contribution in [2.24, 2.45) is 4.44 Å². The number of hydrogen-bond acceptors (Lipinski definition) is 1.